The number of rotatable bonds is 3. The van der Waals surface area contributed by atoms with Gasteiger partial charge in [0, 0.05) is 40.3 Å². The van der Waals surface area contributed by atoms with Gasteiger partial charge in [0.2, 0.25) is 0 Å². The summed E-state index contributed by atoms with van der Waals surface area (Å²) in [5.74, 6) is 0.120. The van der Waals surface area contributed by atoms with Crippen molar-refractivity contribution in [1.29, 1.82) is 0 Å². The number of hydrogen-bond acceptors (Lipinski definition) is 4. The van der Waals surface area contributed by atoms with Crippen LogP contribution in [0.2, 0.25) is 0 Å². The summed E-state index contributed by atoms with van der Waals surface area (Å²) < 4.78 is 11.1. The maximum absolute atomic E-state index is 11.9. The molecule has 0 amide bonds. The molecule has 130 valence electrons. The molecule has 1 unspecified atom stereocenters. The minimum Gasteiger partial charge on any atom is -0.426 e. The lowest BCUT2D eigenvalue weighted by molar-refractivity contribution is -0.132. The van der Waals surface area contributed by atoms with Crippen molar-refractivity contribution < 1.29 is 19.1 Å². The summed E-state index contributed by atoms with van der Waals surface area (Å²) in [5, 5.41) is 1.43. The highest BCUT2D eigenvalue weighted by Gasteiger charge is 2.28. The fourth-order valence-corrected chi connectivity index (χ4v) is 3.53. The number of hydrogen-bond donors (Lipinski definition) is 0. The van der Waals surface area contributed by atoms with Gasteiger partial charge in [-0.05, 0) is 32.3 Å². The maximum atomic E-state index is 11.9. The van der Waals surface area contributed by atoms with Gasteiger partial charge in [0.05, 0.1) is 0 Å². The number of alkyl halides is 1. The molecule has 0 radical (unpaired) electrons. The number of halogens is 1. The molecule has 0 bridgehead atoms. The molecule has 2 aromatic rings. The van der Waals surface area contributed by atoms with Crippen molar-refractivity contribution in [3.05, 3.63) is 47.5 Å². The second kappa shape index (κ2) is 6.89. The van der Waals surface area contributed by atoms with E-state index in [0.29, 0.717) is 24.3 Å². The summed E-state index contributed by atoms with van der Waals surface area (Å²) in [5.41, 5.74) is 2.74. The van der Waals surface area contributed by atoms with Gasteiger partial charge in [-0.25, -0.2) is 4.79 Å². The highest BCUT2D eigenvalue weighted by Crippen LogP contribution is 2.45. The van der Waals surface area contributed by atoms with Crippen molar-refractivity contribution in [2.75, 3.05) is 0 Å². The summed E-state index contributed by atoms with van der Waals surface area (Å²) in [6.07, 6.45) is 3.12. The van der Waals surface area contributed by atoms with Gasteiger partial charge in [0.1, 0.15) is 11.5 Å². The first-order valence-electron chi connectivity index (χ1n) is 8.15. The Morgan fingerprint density at radius 3 is 2.60 bits per heavy atom. The zero-order valence-corrected chi connectivity index (χ0v) is 15.0. The Morgan fingerprint density at radius 2 is 1.92 bits per heavy atom. The fourth-order valence-electron chi connectivity index (χ4n) is 3.27. The Balaban J connectivity index is 2.36. The van der Waals surface area contributed by atoms with Gasteiger partial charge in [0.25, 0.3) is 0 Å². The van der Waals surface area contributed by atoms with Gasteiger partial charge < -0.3 is 9.47 Å². The molecule has 25 heavy (non-hydrogen) atoms. The Bertz CT molecular complexity index is 885. The van der Waals surface area contributed by atoms with E-state index < -0.39 is 5.97 Å². The van der Waals surface area contributed by atoms with E-state index in [1.807, 2.05) is 25.1 Å². The summed E-state index contributed by atoms with van der Waals surface area (Å²) >= 11 is 6.35. The molecule has 0 spiro atoms. The highest BCUT2D eigenvalue weighted by molar-refractivity contribution is 6.21. The second-order valence-electron chi connectivity index (χ2n) is 6.22. The van der Waals surface area contributed by atoms with E-state index in [2.05, 4.69) is 6.58 Å². The van der Waals surface area contributed by atoms with Crippen LogP contribution in [-0.2, 0) is 22.4 Å². The molecule has 0 saturated heterocycles. The first-order chi connectivity index (χ1) is 11.9. The number of ether oxygens (including phenoxy) is 2. The number of aryl methyl sites for hydroxylation is 1. The second-order valence-corrected chi connectivity index (χ2v) is 6.84. The third-order valence-electron chi connectivity index (χ3n) is 4.33. The average Bonchev–Trinajstić information content (AvgIpc) is 2.57. The number of esters is 2. The summed E-state index contributed by atoms with van der Waals surface area (Å²) in [4.78, 5) is 23.5. The minimum atomic E-state index is -0.527. The molecular formula is C20H19ClO4. The lowest BCUT2D eigenvalue weighted by atomic mass is 9.86. The van der Waals surface area contributed by atoms with E-state index in [0.717, 1.165) is 40.0 Å². The zero-order chi connectivity index (χ0) is 18.1. The molecule has 0 saturated carbocycles. The first kappa shape index (κ1) is 17.5. The topological polar surface area (TPSA) is 52.6 Å². The Morgan fingerprint density at radius 1 is 1.20 bits per heavy atom. The predicted octanol–water partition coefficient (Wildman–Crippen LogP) is 4.26. The van der Waals surface area contributed by atoms with Crippen LogP contribution in [0, 0.1) is 6.92 Å². The van der Waals surface area contributed by atoms with Gasteiger partial charge in [0.15, 0.2) is 0 Å². The first-order valence-corrected chi connectivity index (χ1v) is 8.59. The highest BCUT2D eigenvalue weighted by atomic mass is 35.5. The van der Waals surface area contributed by atoms with Crippen molar-refractivity contribution in [1.82, 2.24) is 0 Å². The van der Waals surface area contributed by atoms with Crippen molar-refractivity contribution in [2.24, 2.45) is 0 Å². The summed E-state index contributed by atoms with van der Waals surface area (Å²) in [7, 11) is 0. The molecule has 1 aliphatic carbocycles. The minimum absolute atomic E-state index is 0.0539. The Kier molecular flexibility index (Phi) is 4.82. The van der Waals surface area contributed by atoms with Crippen molar-refractivity contribution in [2.45, 2.75) is 38.5 Å². The van der Waals surface area contributed by atoms with Crippen LogP contribution < -0.4 is 9.47 Å². The van der Waals surface area contributed by atoms with Crippen LogP contribution in [0.5, 0.6) is 11.5 Å². The van der Waals surface area contributed by atoms with E-state index in [1.165, 1.54) is 6.92 Å². The van der Waals surface area contributed by atoms with Gasteiger partial charge in [-0.1, -0.05) is 24.3 Å². The molecule has 4 nitrogen and oxygen atoms in total. The monoisotopic (exact) mass is 358 g/mol. The van der Waals surface area contributed by atoms with Gasteiger partial charge in [-0.2, -0.15) is 0 Å². The predicted molar refractivity (Wildman–Crippen MR) is 97.5 cm³/mol. The number of carbonyl (C=O) groups excluding carboxylic acids is 2. The van der Waals surface area contributed by atoms with E-state index in [4.69, 9.17) is 21.1 Å². The number of carbonyl (C=O) groups is 2. The van der Waals surface area contributed by atoms with Gasteiger partial charge in [-0.15, -0.1) is 11.6 Å². The van der Waals surface area contributed by atoms with Crippen molar-refractivity contribution in [3.8, 4) is 11.5 Å². The van der Waals surface area contributed by atoms with Crippen LogP contribution in [0.25, 0.3) is 10.8 Å². The molecule has 5 heteroatoms. The number of benzene rings is 2. The van der Waals surface area contributed by atoms with E-state index in [1.54, 1.807) is 0 Å². The van der Waals surface area contributed by atoms with Crippen molar-refractivity contribution in [3.63, 3.8) is 0 Å². The Labute approximate surface area is 151 Å². The third-order valence-corrected chi connectivity index (χ3v) is 4.70. The summed E-state index contributed by atoms with van der Waals surface area (Å²) in [6, 6.07) is 5.74. The Hall–Kier alpha value is -2.33. The van der Waals surface area contributed by atoms with E-state index in [9.17, 15) is 9.59 Å². The SMILES string of the molecule is C=CC(=O)Oc1c2c(c(OC(C)=O)c3cc(C)ccc13)CCC(Cl)C2. The molecule has 2 aromatic carbocycles. The van der Waals surface area contributed by atoms with Crippen LogP contribution in [0.1, 0.15) is 30.0 Å². The zero-order valence-electron chi connectivity index (χ0n) is 14.2. The molecule has 0 heterocycles. The standard InChI is InChI=1S/C20H19ClO4/c1-4-18(23)25-20-14-7-5-11(2)9-16(14)19(24-12(3)22)15-8-6-13(21)10-17(15)20/h4-5,7,9,13H,1,6,8,10H2,2-3H3. The molecule has 3 rings (SSSR count). The van der Waals surface area contributed by atoms with E-state index in [-0.39, 0.29) is 11.3 Å². The smallest absolute Gasteiger partial charge is 0.335 e. The number of fused-ring (bicyclic) bond motifs is 2. The van der Waals surface area contributed by atoms with E-state index >= 15 is 0 Å². The molecule has 0 fully saturated rings. The average molecular weight is 359 g/mol. The van der Waals surface area contributed by atoms with Crippen molar-refractivity contribution >= 4 is 34.3 Å². The van der Waals surface area contributed by atoms with Crippen LogP contribution in [0.4, 0.5) is 0 Å². The lowest BCUT2D eigenvalue weighted by Gasteiger charge is -2.26. The summed E-state index contributed by atoms with van der Waals surface area (Å²) in [6.45, 7) is 6.81. The largest absolute Gasteiger partial charge is 0.426 e. The molecular weight excluding hydrogens is 340 g/mol. The van der Waals surface area contributed by atoms with Gasteiger partial charge >= 0.3 is 11.9 Å². The van der Waals surface area contributed by atoms with Gasteiger partial charge in [-0.3, -0.25) is 4.79 Å². The molecule has 1 aliphatic rings. The fraction of sp³-hybridized carbons (Fsp3) is 0.300. The lowest BCUT2D eigenvalue weighted by Crippen LogP contribution is -2.19. The maximum Gasteiger partial charge on any atom is 0.335 e. The van der Waals surface area contributed by atoms with Crippen LogP contribution >= 0.6 is 11.6 Å². The van der Waals surface area contributed by atoms with Crippen LogP contribution in [0.3, 0.4) is 0 Å². The van der Waals surface area contributed by atoms with Crippen LogP contribution in [0.15, 0.2) is 30.9 Å². The quantitative estimate of drug-likeness (QED) is 0.356. The normalized spacial score (nSPS) is 16.2. The van der Waals surface area contributed by atoms with Crippen LogP contribution in [-0.4, -0.2) is 17.3 Å². The molecule has 0 aromatic heterocycles. The molecule has 0 aliphatic heterocycles. The molecule has 0 N–H and O–H groups in total. The third kappa shape index (κ3) is 3.40. The molecule has 1 atom stereocenters.